The minimum atomic E-state index is 0. The number of nitrogens with zero attached hydrogens (tertiary/aromatic N) is 2. The van der Waals surface area contributed by atoms with Crippen molar-refractivity contribution in [2.75, 3.05) is 11.6 Å². The summed E-state index contributed by atoms with van der Waals surface area (Å²) in [4.78, 5) is 3.94. The van der Waals surface area contributed by atoms with Gasteiger partial charge in [-0.05, 0) is 6.42 Å². The van der Waals surface area contributed by atoms with Gasteiger partial charge in [-0.25, -0.2) is 9.66 Å². The summed E-state index contributed by atoms with van der Waals surface area (Å²) in [6, 6.07) is 0. The fourth-order valence-electron chi connectivity index (χ4n) is 0.631. The topological polar surface area (TPSA) is 69.9 Å². The molecule has 1 rings (SSSR count). The van der Waals surface area contributed by atoms with Crippen LogP contribution >= 0.6 is 12.4 Å². The molecule has 0 aliphatic rings. The van der Waals surface area contributed by atoms with Gasteiger partial charge in [0.05, 0.1) is 11.9 Å². The van der Waals surface area contributed by atoms with Gasteiger partial charge >= 0.3 is 0 Å². The summed E-state index contributed by atoms with van der Waals surface area (Å²) in [7, 11) is 0. The van der Waals surface area contributed by atoms with E-state index in [2.05, 4.69) is 4.98 Å². The Bertz CT molecular complexity index is 188. The van der Waals surface area contributed by atoms with E-state index in [-0.39, 0.29) is 12.4 Å². The van der Waals surface area contributed by atoms with E-state index in [4.69, 9.17) is 11.6 Å². The number of hydrogen-bond donors (Lipinski definition) is 2. The van der Waals surface area contributed by atoms with Gasteiger partial charge in [0.2, 0.25) is 5.95 Å². The number of nitrogen functional groups attached to an aromatic ring is 2. The minimum absolute atomic E-state index is 0. The predicted octanol–water partition coefficient (Wildman–Crippen LogP) is 0.163. The van der Waals surface area contributed by atoms with Crippen LogP contribution in [0.25, 0.3) is 0 Å². The van der Waals surface area contributed by atoms with Crippen molar-refractivity contribution >= 4 is 18.4 Å². The van der Waals surface area contributed by atoms with Crippen molar-refractivity contribution in [2.45, 2.75) is 13.3 Å². The molecule has 0 radical (unpaired) electrons. The molecule has 0 aliphatic carbocycles. The van der Waals surface area contributed by atoms with Crippen LogP contribution in [0.1, 0.15) is 12.6 Å². The van der Waals surface area contributed by atoms with E-state index >= 15 is 0 Å². The number of nitrogens with two attached hydrogens (primary N) is 2. The Kier molecular flexibility index (Phi) is 3.02. The Morgan fingerprint density at radius 2 is 2.30 bits per heavy atom. The number of aromatic nitrogens is 2. The molecular weight excluding hydrogens is 152 g/mol. The van der Waals surface area contributed by atoms with Gasteiger partial charge in [0.1, 0.15) is 0 Å². The second-order valence-corrected chi connectivity index (χ2v) is 1.85. The Labute approximate surface area is 65.6 Å². The van der Waals surface area contributed by atoms with Crippen LogP contribution in [-0.2, 0) is 6.42 Å². The number of imidazole rings is 1. The SMILES string of the molecule is CCc1cn(N)c(N)n1.Cl. The van der Waals surface area contributed by atoms with Crippen molar-refractivity contribution < 1.29 is 0 Å². The Balaban J connectivity index is 0.000000810. The van der Waals surface area contributed by atoms with Gasteiger partial charge in [-0.2, -0.15) is 0 Å². The number of rotatable bonds is 1. The molecule has 0 saturated carbocycles. The average Bonchev–Trinajstić information content (AvgIpc) is 2.13. The molecule has 1 aromatic rings. The summed E-state index contributed by atoms with van der Waals surface area (Å²) in [6.07, 6.45) is 2.59. The smallest absolute Gasteiger partial charge is 0.219 e. The molecule has 0 amide bonds. The number of hydrogen-bond acceptors (Lipinski definition) is 3. The van der Waals surface area contributed by atoms with Gasteiger partial charge in [-0.1, -0.05) is 6.92 Å². The largest absolute Gasteiger partial charge is 0.368 e. The van der Waals surface area contributed by atoms with Crippen molar-refractivity contribution in [3.63, 3.8) is 0 Å². The van der Waals surface area contributed by atoms with E-state index in [1.54, 1.807) is 6.20 Å². The fourth-order valence-corrected chi connectivity index (χ4v) is 0.631. The van der Waals surface area contributed by atoms with Crippen LogP contribution < -0.4 is 11.6 Å². The molecule has 0 spiro atoms. The summed E-state index contributed by atoms with van der Waals surface area (Å²) < 4.78 is 1.32. The predicted molar refractivity (Wildman–Crippen MR) is 43.4 cm³/mol. The van der Waals surface area contributed by atoms with Crippen molar-refractivity contribution in [3.8, 4) is 0 Å². The van der Waals surface area contributed by atoms with Gasteiger partial charge in [0.25, 0.3) is 0 Å². The zero-order chi connectivity index (χ0) is 6.85. The molecule has 0 unspecified atom stereocenters. The van der Waals surface area contributed by atoms with Gasteiger partial charge < -0.3 is 11.6 Å². The number of anilines is 1. The number of halogens is 1. The summed E-state index contributed by atoms with van der Waals surface area (Å²) in [5, 5.41) is 0. The molecule has 4 N–H and O–H groups in total. The van der Waals surface area contributed by atoms with E-state index in [0.717, 1.165) is 12.1 Å². The Morgan fingerprint density at radius 1 is 1.70 bits per heavy atom. The lowest BCUT2D eigenvalue weighted by Crippen LogP contribution is -2.09. The maximum atomic E-state index is 5.35. The van der Waals surface area contributed by atoms with Crippen LogP contribution in [0.15, 0.2) is 6.20 Å². The second kappa shape index (κ2) is 3.31. The lowest BCUT2D eigenvalue weighted by molar-refractivity contribution is 1.01. The molecule has 58 valence electrons. The molecular formula is C5H11ClN4. The summed E-state index contributed by atoms with van der Waals surface area (Å²) >= 11 is 0. The molecule has 0 atom stereocenters. The Hall–Kier alpha value is -0.900. The van der Waals surface area contributed by atoms with E-state index in [9.17, 15) is 0 Å². The first kappa shape index (κ1) is 9.10. The lowest BCUT2D eigenvalue weighted by Gasteiger charge is -1.88. The maximum Gasteiger partial charge on any atom is 0.219 e. The standard InChI is InChI=1S/C5H10N4.ClH/c1-2-4-3-9(7)5(6)8-4;/h3H,2,7H2,1H3,(H2,6,8);1H. The average molecular weight is 163 g/mol. The van der Waals surface area contributed by atoms with Gasteiger partial charge in [0.15, 0.2) is 0 Å². The van der Waals surface area contributed by atoms with E-state index in [1.165, 1.54) is 4.68 Å². The molecule has 0 fully saturated rings. The van der Waals surface area contributed by atoms with Crippen LogP contribution in [-0.4, -0.2) is 9.66 Å². The fraction of sp³-hybridized carbons (Fsp3) is 0.400. The highest BCUT2D eigenvalue weighted by Gasteiger charge is 1.97. The normalized spacial score (nSPS) is 8.90. The zero-order valence-corrected chi connectivity index (χ0v) is 6.56. The summed E-state index contributed by atoms with van der Waals surface area (Å²) in [5.41, 5.74) is 6.27. The molecule has 0 bridgehead atoms. The highest BCUT2D eigenvalue weighted by Crippen LogP contribution is 1.99. The van der Waals surface area contributed by atoms with Gasteiger partial charge in [-0.15, -0.1) is 12.4 Å². The molecule has 1 heterocycles. The third kappa shape index (κ3) is 1.54. The van der Waals surface area contributed by atoms with Crippen LogP contribution in [0.2, 0.25) is 0 Å². The maximum absolute atomic E-state index is 5.35. The van der Waals surface area contributed by atoms with E-state index in [0.29, 0.717) is 5.95 Å². The zero-order valence-electron chi connectivity index (χ0n) is 5.74. The highest BCUT2D eigenvalue weighted by atomic mass is 35.5. The quantitative estimate of drug-likeness (QED) is 0.579. The first-order valence-corrected chi connectivity index (χ1v) is 2.83. The Morgan fingerprint density at radius 3 is 2.50 bits per heavy atom. The highest BCUT2D eigenvalue weighted by molar-refractivity contribution is 5.85. The molecule has 5 heteroatoms. The molecule has 0 aromatic carbocycles. The molecule has 0 aliphatic heterocycles. The molecule has 1 aromatic heterocycles. The molecule has 10 heavy (non-hydrogen) atoms. The van der Waals surface area contributed by atoms with Crippen molar-refractivity contribution in [1.82, 2.24) is 9.66 Å². The van der Waals surface area contributed by atoms with Crippen LogP contribution in [0.3, 0.4) is 0 Å². The van der Waals surface area contributed by atoms with E-state index < -0.39 is 0 Å². The van der Waals surface area contributed by atoms with Crippen molar-refractivity contribution in [2.24, 2.45) is 0 Å². The van der Waals surface area contributed by atoms with Gasteiger partial charge in [-0.3, -0.25) is 0 Å². The first-order chi connectivity index (χ1) is 4.24. The lowest BCUT2D eigenvalue weighted by atomic mass is 10.4. The minimum Gasteiger partial charge on any atom is -0.368 e. The van der Waals surface area contributed by atoms with Gasteiger partial charge in [0, 0.05) is 0 Å². The van der Waals surface area contributed by atoms with Crippen LogP contribution in [0, 0.1) is 0 Å². The number of aryl methyl sites for hydroxylation is 1. The summed E-state index contributed by atoms with van der Waals surface area (Å²) in [5.74, 6) is 5.71. The monoisotopic (exact) mass is 162 g/mol. The third-order valence-electron chi connectivity index (χ3n) is 1.17. The van der Waals surface area contributed by atoms with Crippen LogP contribution in [0.5, 0.6) is 0 Å². The third-order valence-corrected chi connectivity index (χ3v) is 1.17. The molecule has 0 saturated heterocycles. The van der Waals surface area contributed by atoms with Crippen molar-refractivity contribution in [1.29, 1.82) is 0 Å². The summed E-state index contributed by atoms with van der Waals surface area (Å²) in [6.45, 7) is 2.00. The van der Waals surface area contributed by atoms with E-state index in [1.807, 2.05) is 6.92 Å². The van der Waals surface area contributed by atoms with Crippen LogP contribution in [0.4, 0.5) is 5.95 Å². The van der Waals surface area contributed by atoms with Crippen molar-refractivity contribution in [3.05, 3.63) is 11.9 Å². The second-order valence-electron chi connectivity index (χ2n) is 1.85. The molecule has 4 nitrogen and oxygen atoms in total. The first-order valence-electron chi connectivity index (χ1n) is 2.83.